The lowest BCUT2D eigenvalue weighted by Crippen LogP contribution is -3.14. The number of hydrogen-bond donors (Lipinski definition) is 1. The molecule has 0 aromatic rings. The lowest BCUT2D eigenvalue weighted by Gasteiger charge is -2.51. The third-order valence-corrected chi connectivity index (χ3v) is 8.90. The van der Waals surface area contributed by atoms with Crippen molar-refractivity contribution in [2.45, 2.75) is 70.5 Å². The van der Waals surface area contributed by atoms with Gasteiger partial charge in [-0.15, -0.1) is 0 Å². The number of epoxide rings is 1. The summed E-state index contributed by atoms with van der Waals surface area (Å²) in [5.41, 5.74) is 0.370. The van der Waals surface area contributed by atoms with Crippen LogP contribution >= 0.6 is 0 Å². The Morgan fingerprint density at radius 3 is 2.72 bits per heavy atom. The zero-order valence-electron chi connectivity index (χ0n) is 17.9. The summed E-state index contributed by atoms with van der Waals surface area (Å²) in [6.07, 6.45) is 7.58. The van der Waals surface area contributed by atoms with Crippen LogP contribution in [-0.2, 0) is 23.8 Å². The highest BCUT2D eigenvalue weighted by Gasteiger charge is 2.65. The highest BCUT2D eigenvalue weighted by molar-refractivity contribution is 5.75. The summed E-state index contributed by atoms with van der Waals surface area (Å²) in [5, 5.41) is 0. The van der Waals surface area contributed by atoms with Gasteiger partial charge in [-0.1, -0.05) is 6.92 Å². The second kappa shape index (κ2) is 7.23. The first-order valence-corrected chi connectivity index (χ1v) is 11.8. The zero-order valence-corrected chi connectivity index (χ0v) is 17.9. The average Bonchev–Trinajstić information content (AvgIpc) is 3.40. The predicted octanol–water partition coefficient (Wildman–Crippen LogP) is 1.37. The van der Waals surface area contributed by atoms with E-state index in [4.69, 9.17) is 14.2 Å². The van der Waals surface area contributed by atoms with Crippen LogP contribution in [0.3, 0.4) is 0 Å². The lowest BCUT2D eigenvalue weighted by atomic mass is 9.53. The summed E-state index contributed by atoms with van der Waals surface area (Å²) in [6, 6.07) is 0. The van der Waals surface area contributed by atoms with E-state index in [1.54, 1.807) is 0 Å². The van der Waals surface area contributed by atoms with Gasteiger partial charge in [0.25, 0.3) is 0 Å². The third kappa shape index (κ3) is 3.40. The normalized spacial score (nSPS) is 48.6. The number of piperidine rings is 1. The fourth-order valence-electron chi connectivity index (χ4n) is 7.23. The Kier molecular flexibility index (Phi) is 4.93. The molecule has 0 amide bonds. The SMILES string of the molecule is CCOC(=O)C1CC[NH+](C[C@H]2C(=O)O[C@@H]3C[C@@]4(C)CCC[C@]5(CO5)[C@H]4C[C@@H]32)CC1. The first-order chi connectivity index (χ1) is 13.9. The largest absolute Gasteiger partial charge is 0.466 e. The number of carbonyl (C=O) groups excluding carboxylic acids is 2. The van der Waals surface area contributed by atoms with Crippen LogP contribution in [0.15, 0.2) is 0 Å². The Bertz CT molecular complexity index is 668. The van der Waals surface area contributed by atoms with E-state index >= 15 is 0 Å². The van der Waals surface area contributed by atoms with E-state index in [2.05, 4.69) is 6.92 Å². The van der Waals surface area contributed by atoms with Crippen molar-refractivity contribution < 1.29 is 28.7 Å². The molecule has 1 spiro atoms. The molecule has 1 N–H and O–H groups in total. The molecule has 3 aliphatic heterocycles. The Morgan fingerprint density at radius 2 is 2.03 bits per heavy atom. The standard InChI is InChI=1S/C23H35NO5/c1-3-27-20(25)15-5-9-24(10-6-15)13-17-16-11-19-22(2,12-18(16)29-21(17)26)7-4-8-23(19)14-28-23/h15-19H,3-14H2,1-2H3/p+1/t16-,17-,18-,19+,22-,23+/m1/s1. The highest BCUT2D eigenvalue weighted by atomic mass is 16.6. The molecular formula is C23H36NO5+. The van der Waals surface area contributed by atoms with E-state index in [-0.39, 0.29) is 40.9 Å². The minimum Gasteiger partial charge on any atom is -0.466 e. The van der Waals surface area contributed by atoms with Gasteiger partial charge >= 0.3 is 11.9 Å². The summed E-state index contributed by atoms with van der Waals surface area (Å²) in [7, 11) is 0. The fraction of sp³-hybridized carbons (Fsp3) is 0.913. The van der Waals surface area contributed by atoms with Crippen LogP contribution in [-0.4, -0.2) is 56.5 Å². The number of hydrogen-bond acceptors (Lipinski definition) is 5. The highest BCUT2D eigenvalue weighted by Crippen LogP contribution is 2.62. The molecule has 5 rings (SSSR count). The third-order valence-electron chi connectivity index (χ3n) is 8.90. The van der Waals surface area contributed by atoms with Crippen molar-refractivity contribution >= 4 is 11.9 Å². The van der Waals surface area contributed by atoms with E-state index in [0.717, 1.165) is 51.9 Å². The first-order valence-electron chi connectivity index (χ1n) is 11.8. The Labute approximate surface area is 173 Å². The molecule has 6 atom stereocenters. The van der Waals surface area contributed by atoms with Gasteiger partial charge in [-0.3, -0.25) is 9.59 Å². The monoisotopic (exact) mass is 406 g/mol. The van der Waals surface area contributed by atoms with Gasteiger partial charge in [0.1, 0.15) is 12.0 Å². The van der Waals surface area contributed by atoms with Crippen molar-refractivity contribution in [1.29, 1.82) is 0 Å². The number of esters is 2. The summed E-state index contributed by atoms with van der Waals surface area (Å²) in [5.74, 6) is 0.933. The van der Waals surface area contributed by atoms with Gasteiger partial charge in [0, 0.05) is 18.8 Å². The Balaban J connectivity index is 1.23. The number of fused-ring (bicyclic) bond motifs is 3. The topological polar surface area (TPSA) is 69.6 Å². The zero-order chi connectivity index (χ0) is 20.2. The second-order valence-corrected chi connectivity index (χ2v) is 10.6. The van der Waals surface area contributed by atoms with Crippen LogP contribution in [0, 0.1) is 29.1 Å². The summed E-state index contributed by atoms with van der Waals surface area (Å²) in [6.45, 7) is 8.37. The Hall–Kier alpha value is -1.14. The van der Waals surface area contributed by atoms with Crippen LogP contribution in [0.4, 0.5) is 0 Å². The van der Waals surface area contributed by atoms with Crippen molar-refractivity contribution in [2.24, 2.45) is 29.1 Å². The molecule has 2 aliphatic carbocycles. The van der Waals surface area contributed by atoms with Crippen LogP contribution in [0.5, 0.6) is 0 Å². The second-order valence-electron chi connectivity index (χ2n) is 10.6. The number of ether oxygens (including phenoxy) is 3. The van der Waals surface area contributed by atoms with Crippen molar-refractivity contribution in [3.63, 3.8) is 0 Å². The van der Waals surface area contributed by atoms with Crippen molar-refractivity contribution in [3.8, 4) is 0 Å². The number of quaternary nitrogens is 1. The summed E-state index contributed by atoms with van der Waals surface area (Å²) in [4.78, 5) is 26.3. The first kappa shape index (κ1) is 19.8. The molecule has 2 saturated carbocycles. The lowest BCUT2D eigenvalue weighted by molar-refractivity contribution is -0.908. The van der Waals surface area contributed by atoms with E-state index in [0.29, 0.717) is 18.4 Å². The quantitative estimate of drug-likeness (QED) is 0.564. The van der Waals surface area contributed by atoms with Gasteiger partial charge in [-0.25, -0.2) is 0 Å². The van der Waals surface area contributed by atoms with Gasteiger partial charge in [0.2, 0.25) is 0 Å². The molecule has 6 nitrogen and oxygen atoms in total. The van der Waals surface area contributed by atoms with E-state index in [1.807, 2.05) is 6.92 Å². The van der Waals surface area contributed by atoms with Gasteiger partial charge in [-0.05, 0) is 50.4 Å². The van der Waals surface area contributed by atoms with Crippen molar-refractivity contribution in [1.82, 2.24) is 0 Å². The maximum absolute atomic E-state index is 12.8. The van der Waals surface area contributed by atoms with E-state index < -0.39 is 0 Å². The molecule has 0 aromatic carbocycles. The van der Waals surface area contributed by atoms with Crippen LogP contribution in [0.25, 0.3) is 0 Å². The minimum absolute atomic E-state index is 0.0106. The molecule has 6 heteroatoms. The minimum atomic E-state index is -0.0505. The smallest absolute Gasteiger partial charge is 0.315 e. The number of carbonyl (C=O) groups is 2. The molecule has 162 valence electrons. The van der Waals surface area contributed by atoms with Crippen molar-refractivity contribution in [2.75, 3.05) is 32.8 Å². The van der Waals surface area contributed by atoms with Crippen LogP contribution in [0.2, 0.25) is 0 Å². The van der Waals surface area contributed by atoms with E-state index in [9.17, 15) is 9.59 Å². The average molecular weight is 407 g/mol. The molecule has 0 unspecified atom stereocenters. The predicted molar refractivity (Wildman–Crippen MR) is 105 cm³/mol. The molecule has 5 fully saturated rings. The maximum Gasteiger partial charge on any atom is 0.315 e. The van der Waals surface area contributed by atoms with Gasteiger partial charge in [0.15, 0.2) is 0 Å². The van der Waals surface area contributed by atoms with Crippen LogP contribution in [0.1, 0.15) is 58.8 Å². The molecule has 3 heterocycles. The molecular weight excluding hydrogens is 370 g/mol. The Morgan fingerprint density at radius 1 is 1.28 bits per heavy atom. The number of likely N-dealkylation sites (tertiary alicyclic amines) is 1. The van der Waals surface area contributed by atoms with E-state index in [1.165, 1.54) is 24.2 Å². The fourth-order valence-corrected chi connectivity index (χ4v) is 7.23. The van der Waals surface area contributed by atoms with Gasteiger partial charge < -0.3 is 19.1 Å². The molecule has 29 heavy (non-hydrogen) atoms. The molecule has 0 bridgehead atoms. The number of nitrogens with one attached hydrogen (secondary N) is 1. The summed E-state index contributed by atoms with van der Waals surface area (Å²) < 4.78 is 17.1. The summed E-state index contributed by atoms with van der Waals surface area (Å²) >= 11 is 0. The van der Waals surface area contributed by atoms with Gasteiger partial charge in [-0.2, -0.15) is 0 Å². The molecule has 3 saturated heterocycles. The molecule has 5 aliphatic rings. The van der Waals surface area contributed by atoms with Gasteiger partial charge in [0.05, 0.1) is 44.4 Å². The number of rotatable bonds is 4. The van der Waals surface area contributed by atoms with Crippen LogP contribution < -0.4 is 4.90 Å². The maximum atomic E-state index is 12.8. The molecule has 0 aromatic heterocycles. The van der Waals surface area contributed by atoms with Crippen molar-refractivity contribution in [3.05, 3.63) is 0 Å². The molecule has 0 radical (unpaired) electrons.